The van der Waals surface area contributed by atoms with Crippen molar-refractivity contribution < 1.29 is 4.79 Å². The molecule has 17 heavy (non-hydrogen) atoms. The average Bonchev–Trinajstić information content (AvgIpc) is 2.23. The molecule has 1 amide bonds. The van der Waals surface area contributed by atoms with Gasteiger partial charge in [0, 0.05) is 19.5 Å². The first-order valence-corrected chi connectivity index (χ1v) is 5.86. The van der Waals surface area contributed by atoms with Crippen molar-refractivity contribution in [2.45, 2.75) is 32.6 Å². The van der Waals surface area contributed by atoms with Crippen LogP contribution in [-0.2, 0) is 4.79 Å². The number of hydrogen-bond donors (Lipinski definition) is 2. The smallest absolute Gasteiger partial charge is 0.220 e. The molecule has 0 aliphatic carbocycles. The van der Waals surface area contributed by atoms with Crippen molar-refractivity contribution in [3.05, 3.63) is 0 Å². The fourth-order valence-corrected chi connectivity index (χ4v) is 1.28. The third-order valence-corrected chi connectivity index (χ3v) is 2.32. The number of nitrogens with two attached hydrogens (primary N) is 1. The lowest BCUT2D eigenvalue weighted by Crippen LogP contribution is -2.33. The summed E-state index contributed by atoms with van der Waals surface area (Å²) in [6.07, 6.45) is 3.76. The Morgan fingerprint density at radius 3 is 2.41 bits per heavy atom. The van der Waals surface area contributed by atoms with Crippen LogP contribution in [0.5, 0.6) is 0 Å². The lowest BCUT2D eigenvalue weighted by Gasteiger charge is -2.16. The van der Waals surface area contributed by atoms with Gasteiger partial charge in [-0.1, -0.05) is 13.3 Å². The predicted molar refractivity (Wildman–Crippen MR) is 78.2 cm³/mol. The second-order valence-electron chi connectivity index (χ2n) is 3.90. The number of nitrogens with zero attached hydrogens (tertiary/aromatic N) is 1. The summed E-state index contributed by atoms with van der Waals surface area (Å²) in [4.78, 5) is 13.5. The maximum atomic E-state index is 11.2. The second kappa shape index (κ2) is 16.0. The van der Waals surface area contributed by atoms with E-state index in [4.69, 9.17) is 5.73 Å². The van der Waals surface area contributed by atoms with E-state index in [0.29, 0.717) is 13.0 Å². The summed E-state index contributed by atoms with van der Waals surface area (Å²) in [5.74, 6) is 0.115. The summed E-state index contributed by atoms with van der Waals surface area (Å²) in [5.41, 5.74) is 5.32. The molecule has 4 nitrogen and oxygen atoms in total. The molecule has 0 aliphatic rings. The summed E-state index contributed by atoms with van der Waals surface area (Å²) in [6.45, 7) is 5.54. The molecular weight excluding hydrogens is 261 g/mol. The van der Waals surface area contributed by atoms with Crippen LogP contribution in [0.4, 0.5) is 0 Å². The third-order valence-electron chi connectivity index (χ3n) is 2.32. The van der Waals surface area contributed by atoms with Crippen LogP contribution in [0.25, 0.3) is 0 Å². The number of carbonyl (C=O) groups excluding carboxylic acids is 1. The van der Waals surface area contributed by atoms with Gasteiger partial charge in [-0.05, 0) is 33.0 Å². The molecule has 0 aromatic heterocycles. The van der Waals surface area contributed by atoms with Crippen LogP contribution in [0.3, 0.4) is 0 Å². The molecule has 0 aromatic rings. The second-order valence-corrected chi connectivity index (χ2v) is 3.90. The standard InChI is InChI=1S/C11H25N3O.2ClH/c1-3-4-9-14(2)10-8-13-11(15)6-5-7-12;;/h3-10,12H2,1-2H3,(H,13,15);2*1H. The van der Waals surface area contributed by atoms with Crippen LogP contribution in [0.15, 0.2) is 0 Å². The van der Waals surface area contributed by atoms with Crippen LogP contribution >= 0.6 is 24.8 Å². The van der Waals surface area contributed by atoms with Gasteiger partial charge in [0.05, 0.1) is 0 Å². The topological polar surface area (TPSA) is 58.4 Å². The van der Waals surface area contributed by atoms with Gasteiger partial charge in [-0.2, -0.15) is 0 Å². The van der Waals surface area contributed by atoms with Gasteiger partial charge in [0.2, 0.25) is 5.91 Å². The third kappa shape index (κ3) is 16.0. The number of carbonyl (C=O) groups is 1. The number of unbranched alkanes of at least 4 members (excludes halogenated alkanes) is 1. The number of rotatable bonds is 9. The molecule has 0 bridgehead atoms. The summed E-state index contributed by atoms with van der Waals surface area (Å²) >= 11 is 0. The Balaban J connectivity index is -0.000000980. The highest BCUT2D eigenvalue weighted by atomic mass is 35.5. The SMILES string of the molecule is CCCCN(C)CCNC(=O)CCCN.Cl.Cl. The van der Waals surface area contributed by atoms with Crippen LogP contribution < -0.4 is 11.1 Å². The maximum absolute atomic E-state index is 11.2. The quantitative estimate of drug-likeness (QED) is 0.674. The van der Waals surface area contributed by atoms with Crippen molar-refractivity contribution in [2.24, 2.45) is 5.73 Å². The zero-order valence-corrected chi connectivity index (χ0v) is 12.5. The highest BCUT2D eigenvalue weighted by Gasteiger charge is 2.01. The predicted octanol–water partition coefficient (Wildman–Crippen LogP) is 1.42. The Hall–Kier alpha value is -0.0300. The number of hydrogen-bond acceptors (Lipinski definition) is 3. The van der Waals surface area contributed by atoms with Crippen molar-refractivity contribution in [1.29, 1.82) is 0 Å². The van der Waals surface area contributed by atoms with Gasteiger partial charge in [0.25, 0.3) is 0 Å². The Morgan fingerprint density at radius 2 is 1.88 bits per heavy atom. The molecule has 0 atom stereocenters. The Morgan fingerprint density at radius 1 is 1.24 bits per heavy atom. The number of halogens is 2. The minimum atomic E-state index is 0. The molecule has 3 N–H and O–H groups in total. The zero-order valence-electron chi connectivity index (χ0n) is 10.9. The molecule has 0 saturated carbocycles. The summed E-state index contributed by atoms with van der Waals surface area (Å²) in [6, 6.07) is 0. The molecule has 0 radical (unpaired) electrons. The van der Waals surface area contributed by atoms with Gasteiger partial charge in [-0.15, -0.1) is 24.8 Å². The molecule has 0 rings (SSSR count). The zero-order chi connectivity index (χ0) is 11.5. The molecule has 0 spiro atoms. The minimum absolute atomic E-state index is 0. The highest BCUT2D eigenvalue weighted by molar-refractivity contribution is 5.85. The Bertz CT molecular complexity index is 171. The summed E-state index contributed by atoms with van der Waals surface area (Å²) in [7, 11) is 2.09. The van der Waals surface area contributed by atoms with Crippen molar-refractivity contribution in [2.75, 3.05) is 33.2 Å². The molecule has 0 aromatic carbocycles. The lowest BCUT2D eigenvalue weighted by molar-refractivity contribution is -0.121. The lowest BCUT2D eigenvalue weighted by atomic mass is 10.3. The van der Waals surface area contributed by atoms with Gasteiger partial charge in [-0.25, -0.2) is 0 Å². The van der Waals surface area contributed by atoms with Crippen LogP contribution in [0, 0.1) is 0 Å². The van der Waals surface area contributed by atoms with E-state index in [1.54, 1.807) is 0 Å². The normalized spacial score (nSPS) is 9.41. The van der Waals surface area contributed by atoms with Gasteiger partial charge in [0.1, 0.15) is 0 Å². The molecule has 106 valence electrons. The van der Waals surface area contributed by atoms with Crippen molar-refractivity contribution in [3.8, 4) is 0 Å². The molecule has 0 heterocycles. The minimum Gasteiger partial charge on any atom is -0.355 e. The fraction of sp³-hybridized carbons (Fsp3) is 0.909. The van der Waals surface area contributed by atoms with E-state index < -0.39 is 0 Å². The van der Waals surface area contributed by atoms with Gasteiger partial charge < -0.3 is 16.0 Å². The largest absolute Gasteiger partial charge is 0.355 e. The molecule has 0 unspecified atom stereocenters. The molecule has 0 fully saturated rings. The highest BCUT2D eigenvalue weighted by Crippen LogP contribution is 1.90. The maximum Gasteiger partial charge on any atom is 0.220 e. The van der Waals surface area contributed by atoms with Gasteiger partial charge in [0.15, 0.2) is 0 Å². The summed E-state index contributed by atoms with van der Waals surface area (Å²) in [5, 5.41) is 2.89. The Labute approximate surface area is 118 Å². The van der Waals surface area contributed by atoms with E-state index in [1.807, 2.05) is 0 Å². The first-order chi connectivity index (χ1) is 7.20. The monoisotopic (exact) mass is 287 g/mol. The van der Waals surface area contributed by atoms with Crippen LogP contribution in [0.2, 0.25) is 0 Å². The van der Waals surface area contributed by atoms with Gasteiger partial charge >= 0.3 is 0 Å². The van der Waals surface area contributed by atoms with Crippen molar-refractivity contribution in [3.63, 3.8) is 0 Å². The molecule has 6 heteroatoms. The van der Waals surface area contributed by atoms with E-state index in [1.165, 1.54) is 12.8 Å². The molecule has 0 saturated heterocycles. The number of nitrogens with one attached hydrogen (secondary N) is 1. The van der Waals surface area contributed by atoms with E-state index in [9.17, 15) is 4.79 Å². The fourth-order valence-electron chi connectivity index (χ4n) is 1.28. The number of amides is 1. The first-order valence-electron chi connectivity index (χ1n) is 5.86. The van der Waals surface area contributed by atoms with Crippen molar-refractivity contribution >= 4 is 30.7 Å². The molecular formula is C11H27Cl2N3O. The molecule has 0 aliphatic heterocycles. The van der Waals surface area contributed by atoms with Gasteiger partial charge in [-0.3, -0.25) is 4.79 Å². The van der Waals surface area contributed by atoms with Crippen LogP contribution in [0.1, 0.15) is 32.6 Å². The first kappa shape index (κ1) is 22.2. The average molecular weight is 288 g/mol. The van der Waals surface area contributed by atoms with Crippen molar-refractivity contribution in [1.82, 2.24) is 10.2 Å². The van der Waals surface area contributed by atoms with Crippen LogP contribution in [-0.4, -0.2) is 44.0 Å². The number of likely N-dealkylation sites (N-methyl/N-ethyl adjacent to an activating group) is 1. The summed E-state index contributed by atoms with van der Waals surface area (Å²) < 4.78 is 0. The van der Waals surface area contributed by atoms with E-state index in [0.717, 1.165) is 26.1 Å². The Kier molecular flexibility index (Phi) is 20.8. The van der Waals surface area contributed by atoms with E-state index in [-0.39, 0.29) is 30.7 Å². The van der Waals surface area contributed by atoms with E-state index in [2.05, 4.69) is 24.2 Å². The van der Waals surface area contributed by atoms with E-state index >= 15 is 0 Å².